The smallest absolute Gasteiger partial charge is 0.166 e. The molecule has 0 radical (unpaired) electrons. The highest BCUT2D eigenvalue weighted by Crippen LogP contribution is 2.48. The Morgan fingerprint density at radius 2 is 0.380 bits per heavy atom. The molecular weight excluding hydrogens is 1890 g/mol. The molecule has 0 amide bonds. The van der Waals surface area contributed by atoms with E-state index in [9.17, 15) is 0 Å². The van der Waals surface area contributed by atoms with Crippen molar-refractivity contribution in [3.63, 3.8) is 0 Å². The van der Waals surface area contributed by atoms with Crippen molar-refractivity contribution in [2.75, 3.05) is 0 Å². The number of hydrogen-bond acceptors (Lipinski definition) is 12. The van der Waals surface area contributed by atoms with E-state index in [1.807, 2.05) is 18.2 Å². The molecule has 0 aliphatic heterocycles. The van der Waals surface area contributed by atoms with Crippen molar-refractivity contribution in [2.24, 2.45) is 0 Å². The molecular formula is C135H84N12S3. The average Bonchev–Trinajstić information content (AvgIpc) is 1.58. The molecule has 0 saturated carbocycles. The van der Waals surface area contributed by atoms with Crippen LogP contribution in [0.3, 0.4) is 0 Å². The van der Waals surface area contributed by atoms with Crippen LogP contribution in [0.1, 0.15) is 0 Å². The van der Waals surface area contributed by atoms with Crippen molar-refractivity contribution in [3.05, 3.63) is 510 Å². The van der Waals surface area contributed by atoms with Crippen LogP contribution in [0.2, 0.25) is 0 Å². The second-order valence-electron chi connectivity index (χ2n) is 37.3. The molecule has 15 heteroatoms. The number of nitrogens with zero attached hydrogens (tertiary/aromatic N) is 12. The summed E-state index contributed by atoms with van der Waals surface area (Å²) in [4.78, 5) is 47.1. The van der Waals surface area contributed by atoms with E-state index in [2.05, 4.69) is 505 Å². The van der Waals surface area contributed by atoms with Crippen LogP contribution in [-0.2, 0) is 0 Å². The first-order chi connectivity index (χ1) is 74.4. The zero-order chi connectivity index (χ0) is 99.1. The van der Waals surface area contributed by atoms with Crippen molar-refractivity contribution < 1.29 is 0 Å². The lowest BCUT2D eigenvalue weighted by molar-refractivity contribution is 1.07. The average molecular weight is 1970 g/mol. The lowest BCUT2D eigenvalue weighted by Crippen LogP contribution is -2.02. The summed E-state index contributed by atoms with van der Waals surface area (Å²) < 4.78 is 14.3. The number of benzene rings is 21. The molecule has 30 aromatic rings. The van der Waals surface area contributed by atoms with Gasteiger partial charge in [-0.05, 0) is 173 Å². The third kappa shape index (κ3) is 16.0. The SMILES string of the molecule is c1ccc(-c2cccc(-c3nc(-c4ccc5c(c4)c4ccccc4n5-c4ccccc4)nc(-c4cccc5c4sc4ccccc45)n3)c2)cc1.c1ccc(-c2cccc(-c3nc(-c4ccc5c6ccccc6n(-c6ccccc6)c5c4)nc(-c4cccc5c4sc4ccccc45)n3)c2)cc1.c1ccc(-c2cccc(-c3nc(-c4cccc5c4sc4ccccc45)nc(-c4cccc5c6ccccc6n(-c6ccccc6)c45)n3)c2)cc1. The standard InChI is InChI=1S/3C45H28N4S/c1-3-14-29(15-4-1)30-16-11-17-31(28-30)43-46-44(48-45(47-43)38-25-13-23-36-34-21-8-10-27-40(34)50-42(36)38)37-24-12-22-35-33-20-7-9-26-39(33)49(41(35)37)32-18-5-2-6-19-32;1-3-13-29(14-4-1)30-15-11-16-31(27-30)43-46-44(48-45(47-43)38-22-12-21-37-36-20-8-10-24-41(36)50-42(37)38)32-25-26-35-34-19-7-9-23-39(34)49(40(35)28-32)33-17-5-2-6-18-33;1-3-13-29(14-4-1)30-15-11-16-31(27-30)43-46-44(48-45(47-43)37-22-12-21-36-35-20-8-10-24-41(35)50-42(36)37)32-25-26-40-38(28-32)34-19-7-9-23-39(34)49(40)33-17-5-2-6-18-33/h3*1-28H. The third-order valence-electron chi connectivity index (χ3n) is 28.4. The highest BCUT2D eigenvalue weighted by Gasteiger charge is 2.27. The fourth-order valence-corrected chi connectivity index (χ4v) is 25.0. The Morgan fingerprint density at radius 3 is 0.787 bits per heavy atom. The van der Waals surface area contributed by atoms with Gasteiger partial charge in [-0.1, -0.05) is 370 Å². The second-order valence-corrected chi connectivity index (χ2v) is 40.5. The van der Waals surface area contributed by atoms with E-state index in [1.54, 1.807) is 34.0 Å². The van der Waals surface area contributed by atoms with Gasteiger partial charge in [0.25, 0.3) is 0 Å². The van der Waals surface area contributed by atoms with Gasteiger partial charge in [-0.15, -0.1) is 34.0 Å². The maximum atomic E-state index is 5.33. The number of thiophene rings is 3. The first-order valence-electron chi connectivity index (χ1n) is 50.1. The molecule has 12 nitrogen and oxygen atoms in total. The monoisotopic (exact) mass is 1970 g/mol. The van der Waals surface area contributed by atoms with Gasteiger partial charge >= 0.3 is 0 Å². The number of aromatic nitrogens is 12. The summed E-state index contributed by atoms with van der Waals surface area (Å²) in [6.45, 7) is 0. The molecule has 0 N–H and O–H groups in total. The Hall–Kier alpha value is -19.3. The van der Waals surface area contributed by atoms with Gasteiger partial charge in [-0.2, -0.15) is 0 Å². The fourth-order valence-electron chi connectivity index (χ4n) is 21.4. The van der Waals surface area contributed by atoms with Crippen LogP contribution in [0.5, 0.6) is 0 Å². The summed E-state index contributed by atoms with van der Waals surface area (Å²) in [6, 6.07) is 179. The number of rotatable bonds is 15. The van der Waals surface area contributed by atoms with Gasteiger partial charge in [0.05, 0.1) is 33.1 Å². The minimum absolute atomic E-state index is 0.638. The quantitative estimate of drug-likeness (QED) is 0.0984. The summed E-state index contributed by atoms with van der Waals surface area (Å²) in [6.07, 6.45) is 0. The minimum Gasteiger partial charge on any atom is -0.309 e. The first kappa shape index (κ1) is 88.4. The molecule has 9 heterocycles. The fraction of sp³-hybridized carbons (Fsp3) is 0. The molecule has 30 rings (SSSR count). The second kappa shape index (κ2) is 37.7. The molecule has 0 aliphatic rings. The van der Waals surface area contributed by atoms with Crippen LogP contribution < -0.4 is 0 Å². The predicted octanol–water partition coefficient (Wildman–Crippen LogP) is 36.0. The van der Waals surface area contributed by atoms with Crippen LogP contribution in [0.25, 0.3) is 279 Å². The zero-order valence-corrected chi connectivity index (χ0v) is 83.0. The molecule has 150 heavy (non-hydrogen) atoms. The summed E-state index contributed by atoms with van der Waals surface area (Å²) in [5, 5.41) is 14.5. The Kier molecular flexibility index (Phi) is 22.2. The maximum Gasteiger partial charge on any atom is 0.166 e. The van der Waals surface area contributed by atoms with E-state index in [0.717, 1.165) is 144 Å². The molecule has 0 bridgehead atoms. The van der Waals surface area contributed by atoms with Crippen LogP contribution in [0.4, 0.5) is 0 Å². The molecule has 21 aromatic carbocycles. The van der Waals surface area contributed by atoms with E-state index in [0.29, 0.717) is 52.4 Å². The van der Waals surface area contributed by atoms with Gasteiger partial charge in [0, 0.05) is 160 Å². The first-order valence-corrected chi connectivity index (χ1v) is 52.6. The van der Waals surface area contributed by atoms with Crippen molar-refractivity contribution in [2.45, 2.75) is 0 Å². The maximum absolute atomic E-state index is 5.33. The van der Waals surface area contributed by atoms with Crippen LogP contribution in [-0.4, -0.2) is 58.6 Å². The predicted molar refractivity (Wildman–Crippen MR) is 626 cm³/mol. The molecule has 9 aromatic heterocycles. The number of fused-ring (bicyclic) bond motifs is 18. The Morgan fingerprint density at radius 1 is 0.133 bits per heavy atom. The molecule has 0 saturated heterocycles. The third-order valence-corrected chi connectivity index (χ3v) is 32.0. The Bertz CT molecular complexity index is 10500. The highest BCUT2D eigenvalue weighted by molar-refractivity contribution is 7.27. The lowest BCUT2D eigenvalue weighted by atomic mass is 10.0. The van der Waals surface area contributed by atoms with Crippen LogP contribution in [0.15, 0.2) is 510 Å². The van der Waals surface area contributed by atoms with E-state index >= 15 is 0 Å². The van der Waals surface area contributed by atoms with Crippen molar-refractivity contribution in [1.29, 1.82) is 0 Å². The molecule has 0 spiro atoms. The largest absolute Gasteiger partial charge is 0.309 e. The van der Waals surface area contributed by atoms with Gasteiger partial charge in [0.2, 0.25) is 0 Å². The summed E-state index contributed by atoms with van der Waals surface area (Å²) in [7, 11) is 0. The summed E-state index contributed by atoms with van der Waals surface area (Å²) in [5.41, 5.74) is 25.6. The lowest BCUT2D eigenvalue weighted by Gasteiger charge is -2.13. The zero-order valence-electron chi connectivity index (χ0n) is 80.6. The van der Waals surface area contributed by atoms with E-state index in [1.165, 1.54) is 82.1 Å². The summed E-state index contributed by atoms with van der Waals surface area (Å²) >= 11 is 5.36. The van der Waals surface area contributed by atoms with Crippen molar-refractivity contribution in [1.82, 2.24) is 58.6 Å². The van der Waals surface area contributed by atoms with Gasteiger partial charge < -0.3 is 13.7 Å². The van der Waals surface area contributed by atoms with Crippen molar-refractivity contribution in [3.8, 4) is 153 Å². The molecule has 0 fully saturated rings. The van der Waals surface area contributed by atoms with Gasteiger partial charge in [0.15, 0.2) is 52.4 Å². The topological polar surface area (TPSA) is 131 Å². The normalized spacial score (nSPS) is 11.6. The Balaban J connectivity index is 0.000000108. The van der Waals surface area contributed by atoms with Gasteiger partial charge in [-0.25, -0.2) is 44.9 Å². The minimum atomic E-state index is 0.638. The van der Waals surface area contributed by atoms with Gasteiger partial charge in [-0.3, -0.25) is 0 Å². The molecule has 0 atom stereocenters. The van der Waals surface area contributed by atoms with E-state index in [-0.39, 0.29) is 0 Å². The number of para-hydroxylation sites is 7. The van der Waals surface area contributed by atoms with Crippen molar-refractivity contribution >= 4 is 160 Å². The number of hydrogen-bond donors (Lipinski definition) is 0. The highest BCUT2D eigenvalue weighted by atomic mass is 32.1. The molecule has 0 unspecified atom stereocenters. The molecule has 0 aliphatic carbocycles. The van der Waals surface area contributed by atoms with Crippen LogP contribution >= 0.6 is 34.0 Å². The Labute approximate surface area is 874 Å². The van der Waals surface area contributed by atoms with Crippen LogP contribution in [0, 0.1) is 0 Å². The van der Waals surface area contributed by atoms with E-state index < -0.39 is 0 Å². The summed E-state index contributed by atoms with van der Waals surface area (Å²) in [5.74, 6) is 5.84. The van der Waals surface area contributed by atoms with E-state index in [4.69, 9.17) is 44.9 Å². The van der Waals surface area contributed by atoms with Gasteiger partial charge in [0.1, 0.15) is 0 Å². The molecule has 702 valence electrons.